The molecule has 0 bridgehead atoms. The summed E-state index contributed by atoms with van der Waals surface area (Å²) in [5, 5.41) is 3.07. The number of piperidine rings is 1. The second-order valence-electron chi connectivity index (χ2n) is 7.99. The van der Waals surface area contributed by atoms with Gasteiger partial charge in [-0.15, -0.1) is 0 Å². The Morgan fingerprint density at radius 1 is 1.07 bits per heavy atom. The summed E-state index contributed by atoms with van der Waals surface area (Å²) in [5.74, 6) is 0.135. The van der Waals surface area contributed by atoms with E-state index in [0.29, 0.717) is 18.7 Å². The zero-order valence-corrected chi connectivity index (χ0v) is 18.8. The molecule has 1 saturated heterocycles. The van der Waals surface area contributed by atoms with Crippen LogP contribution in [0, 0.1) is 5.92 Å². The number of anilines is 2. The molecule has 1 aliphatic rings. The molecule has 0 radical (unpaired) electrons. The van der Waals surface area contributed by atoms with E-state index in [-0.39, 0.29) is 17.7 Å². The van der Waals surface area contributed by atoms with Crippen LogP contribution >= 0.6 is 0 Å². The topological polar surface area (TPSA) is 52.7 Å². The highest BCUT2D eigenvalue weighted by molar-refractivity contribution is 6.02. The van der Waals surface area contributed by atoms with Crippen molar-refractivity contribution in [3.63, 3.8) is 0 Å². The Hall–Kier alpha value is -2.04. The fourth-order valence-electron chi connectivity index (χ4n) is 4.09. The molecule has 0 unspecified atom stereocenters. The van der Waals surface area contributed by atoms with Crippen LogP contribution in [0.5, 0.6) is 0 Å². The van der Waals surface area contributed by atoms with Gasteiger partial charge in [0.2, 0.25) is 5.91 Å². The van der Waals surface area contributed by atoms with Crippen molar-refractivity contribution in [2.24, 2.45) is 5.92 Å². The molecule has 0 spiro atoms. The Labute approximate surface area is 176 Å². The number of hydrogen-bond acceptors (Lipinski definition) is 3. The van der Waals surface area contributed by atoms with Crippen LogP contribution in [-0.2, 0) is 4.79 Å². The SMILES string of the molecule is CCCC[C@H](CC)C(=O)Nc1ccc(N2CCCCC2)c(C(=O)N(CC)CC)c1. The number of nitrogens with one attached hydrogen (secondary N) is 1. The Bertz CT molecular complexity index is 664. The van der Waals surface area contributed by atoms with Crippen LogP contribution in [0.4, 0.5) is 11.4 Å². The zero-order chi connectivity index (χ0) is 21.2. The quantitative estimate of drug-likeness (QED) is 0.578. The minimum Gasteiger partial charge on any atom is -0.371 e. The van der Waals surface area contributed by atoms with E-state index in [2.05, 4.69) is 24.1 Å². The lowest BCUT2D eigenvalue weighted by molar-refractivity contribution is -0.120. The summed E-state index contributed by atoms with van der Waals surface area (Å²) < 4.78 is 0. The lowest BCUT2D eigenvalue weighted by Gasteiger charge is -2.31. The van der Waals surface area contributed by atoms with Crippen LogP contribution in [-0.4, -0.2) is 42.9 Å². The van der Waals surface area contributed by atoms with Crippen LogP contribution in [0.1, 0.15) is 83.0 Å². The zero-order valence-electron chi connectivity index (χ0n) is 18.8. The van der Waals surface area contributed by atoms with Crippen molar-refractivity contribution >= 4 is 23.2 Å². The Kier molecular flexibility index (Phi) is 9.49. The predicted octanol–water partition coefficient (Wildman–Crippen LogP) is 5.31. The van der Waals surface area contributed by atoms with Gasteiger partial charge in [0.15, 0.2) is 0 Å². The fraction of sp³-hybridized carbons (Fsp3) is 0.667. The van der Waals surface area contributed by atoms with E-state index in [1.807, 2.05) is 36.9 Å². The number of nitrogens with zero attached hydrogens (tertiary/aromatic N) is 2. The molecule has 2 amide bonds. The lowest BCUT2D eigenvalue weighted by Crippen LogP contribution is -2.35. The normalized spacial score (nSPS) is 15.1. The Morgan fingerprint density at radius 2 is 1.76 bits per heavy atom. The predicted molar refractivity (Wildman–Crippen MR) is 122 cm³/mol. The van der Waals surface area contributed by atoms with Gasteiger partial charge in [0.1, 0.15) is 0 Å². The van der Waals surface area contributed by atoms with E-state index in [0.717, 1.165) is 63.0 Å². The fourth-order valence-corrected chi connectivity index (χ4v) is 4.09. The van der Waals surface area contributed by atoms with Gasteiger partial charge in [0.05, 0.1) is 5.56 Å². The molecular formula is C24H39N3O2. The van der Waals surface area contributed by atoms with E-state index in [1.54, 1.807) is 0 Å². The molecule has 1 N–H and O–H groups in total. The minimum absolute atomic E-state index is 0.0265. The van der Waals surface area contributed by atoms with E-state index in [1.165, 1.54) is 6.42 Å². The van der Waals surface area contributed by atoms with Crippen molar-refractivity contribution < 1.29 is 9.59 Å². The molecule has 2 rings (SSSR count). The van der Waals surface area contributed by atoms with Crippen LogP contribution in [0.3, 0.4) is 0 Å². The van der Waals surface area contributed by atoms with Gasteiger partial charge < -0.3 is 15.1 Å². The summed E-state index contributed by atoms with van der Waals surface area (Å²) in [7, 11) is 0. The molecule has 1 heterocycles. The summed E-state index contributed by atoms with van der Waals surface area (Å²) in [6.07, 6.45) is 7.47. The van der Waals surface area contributed by atoms with Crippen molar-refractivity contribution in [1.82, 2.24) is 4.90 Å². The summed E-state index contributed by atoms with van der Waals surface area (Å²) in [6, 6.07) is 5.85. The first-order valence-corrected chi connectivity index (χ1v) is 11.5. The van der Waals surface area contributed by atoms with Gasteiger partial charge in [-0.1, -0.05) is 26.7 Å². The third-order valence-corrected chi connectivity index (χ3v) is 6.01. The third kappa shape index (κ3) is 6.22. The van der Waals surface area contributed by atoms with Crippen LogP contribution in [0.15, 0.2) is 18.2 Å². The molecule has 5 heteroatoms. The van der Waals surface area contributed by atoms with Crippen LogP contribution < -0.4 is 10.2 Å². The molecule has 162 valence electrons. The van der Waals surface area contributed by atoms with Crippen molar-refractivity contribution in [1.29, 1.82) is 0 Å². The summed E-state index contributed by atoms with van der Waals surface area (Å²) >= 11 is 0. The maximum absolute atomic E-state index is 13.2. The second-order valence-corrected chi connectivity index (χ2v) is 7.99. The number of rotatable bonds is 10. The maximum atomic E-state index is 13.2. The minimum atomic E-state index is 0.0265. The number of hydrogen-bond donors (Lipinski definition) is 1. The number of unbranched alkanes of at least 4 members (excludes halogenated alkanes) is 1. The molecule has 1 aliphatic heterocycles. The van der Waals surface area contributed by atoms with E-state index in [4.69, 9.17) is 0 Å². The van der Waals surface area contributed by atoms with Gasteiger partial charge in [0, 0.05) is 43.5 Å². The van der Waals surface area contributed by atoms with Gasteiger partial charge in [-0.3, -0.25) is 9.59 Å². The molecule has 0 aromatic heterocycles. The second kappa shape index (κ2) is 11.8. The summed E-state index contributed by atoms with van der Waals surface area (Å²) in [6.45, 7) is 11.6. The van der Waals surface area contributed by atoms with E-state index >= 15 is 0 Å². The first kappa shape index (κ1) is 23.2. The third-order valence-electron chi connectivity index (χ3n) is 6.01. The average molecular weight is 402 g/mol. The highest BCUT2D eigenvalue weighted by atomic mass is 16.2. The molecule has 1 aromatic rings. The van der Waals surface area contributed by atoms with Gasteiger partial charge in [0.25, 0.3) is 5.91 Å². The molecule has 29 heavy (non-hydrogen) atoms. The van der Waals surface area contributed by atoms with Crippen LogP contribution in [0.2, 0.25) is 0 Å². The maximum Gasteiger partial charge on any atom is 0.256 e. The first-order valence-electron chi connectivity index (χ1n) is 11.5. The Balaban J connectivity index is 2.29. The van der Waals surface area contributed by atoms with Crippen molar-refractivity contribution in [2.75, 3.05) is 36.4 Å². The standard InChI is InChI=1S/C24H39N3O2/c1-5-9-13-19(6-2)23(28)25-20-14-15-22(27-16-11-10-12-17-27)21(18-20)24(29)26(7-3)8-4/h14-15,18-19H,5-13,16-17H2,1-4H3,(H,25,28)/t19-/m0/s1. The molecule has 5 nitrogen and oxygen atoms in total. The highest BCUT2D eigenvalue weighted by Gasteiger charge is 2.23. The Morgan fingerprint density at radius 3 is 2.34 bits per heavy atom. The molecule has 1 fully saturated rings. The first-order chi connectivity index (χ1) is 14.0. The molecule has 0 saturated carbocycles. The van der Waals surface area contributed by atoms with Gasteiger partial charge >= 0.3 is 0 Å². The number of benzene rings is 1. The molecule has 1 aromatic carbocycles. The molecular weight excluding hydrogens is 362 g/mol. The van der Waals surface area contributed by atoms with E-state index < -0.39 is 0 Å². The number of carbonyl (C=O) groups excluding carboxylic acids is 2. The smallest absolute Gasteiger partial charge is 0.256 e. The lowest BCUT2D eigenvalue weighted by atomic mass is 9.98. The van der Waals surface area contributed by atoms with E-state index in [9.17, 15) is 9.59 Å². The largest absolute Gasteiger partial charge is 0.371 e. The van der Waals surface area contributed by atoms with Crippen molar-refractivity contribution in [3.05, 3.63) is 23.8 Å². The highest BCUT2D eigenvalue weighted by Crippen LogP contribution is 2.29. The number of carbonyl (C=O) groups is 2. The summed E-state index contributed by atoms with van der Waals surface area (Å²) in [4.78, 5) is 30.1. The average Bonchev–Trinajstić information content (AvgIpc) is 2.75. The summed E-state index contributed by atoms with van der Waals surface area (Å²) in [5.41, 5.74) is 2.42. The van der Waals surface area contributed by atoms with Crippen molar-refractivity contribution in [3.8, 4) is 0 Å². The molecule has 0 aliphatic carbocycles. The van der Waals surface area contributed by atoms with Crippen molar-refractivity contribution in [2.45, 2.75) is 72.6 Å². The van der Waals surface area contributed by atoms with Crippen LogP contribution in [0.25, 0.3) is 0 Å². The van der Waals surface area contributed by atoms with Gasteiger partial charge in [-0.05, 0) is 64.2 Å². The monoisotopic (exact) mass is 401 g/mol. The van der Waals surface area contributed by atoms with Gasteiger partial charge in [-0.25, -0.2) is 0 Å². The molecule has 1 atom stereocenters. The number of amides is 2. The van der Waals surface area contributed by atoms with Gasteiger partial charge in [-0.2, -0.15) is 0 Å².